The first-order valence-electron chi connectivity index (χ1n) is 8.95. The van der Waals surface area contributed by atoms with Crippen molar-refractivity contribution in [1.29, 1.82) is 0 Å². The summed E-state index contributed by atoms with van der Waals surface area (Å²) in [5.41, 5.74) is 0.697. The summed E-state index contributed by atoms with van der Waals surface area (Å²) in [6, 6.07) is 2.49. The predicted molar refractivity (Wildman–Crippen MR) is 86.6 cm³/mol. The van der Waals surface area contributed by atoms with Gasteiger partial charge in [0.2, 0.25) is 0 Å². The van der Waals surface area contributed by atoms with Crippen molar-refractivity contribution in [2.24, 2.45) is 5.41 Å². The largest absolute Gasteiger partial charge is 0.303 e. The predicted octanol–water partition coefficient (Wildman–Crippen LogP) is 0.791. The summed E-state index contributed by atoms with van der Waals surface area (Å²) >= 11 is 0. The van der Waals surface area contributed by atoms with Gasteiger partial charge in [0.25, 0.3) is 0 Å². The van der Waals surface area contributed by atoms with Crippen molar-refractivity contribution in [2.45, 2.75) is 44.8 Å². The van der Waals surface area contributed by atoms with Crippen LogP contribution in [0.2, 0.25) is 0 Å². The van der Waals surface area contributed by atoms with Crippen molar-refractivity contribution in [1.82, 2.24) is 19.6 Å². The molecule has 4 heterocycles. The molecular weight excluding hydrogens is 260 g/mol. The summed E-state index contributed by atoms with van der Waals surface area (Å²) in [5, 5.41) is 0. The first-order valence-corrected chi connectivity index (χ1v) is 8.95. The maximum atomic E-state index is 2.78. The van der Waals surface area contributed by atoms with Gasteiger partial charge in [0.15, 0.2) is 0 Å². The molecule has 0 aliphatic carbocycles. The maximum Gasteiger partial charge on any atom is 0.0351 e. The van der Waals surface area contributed by atoms with E-state index in [1.165, 1.54) is 65.2 Å². The van der Waals surface area contributed by atoms with E-state index >= 15 is 0 Å². The van der Waals surface area contributed by atoms with Gasteiger partial charge in [-0.25, -0.2) is 0 Å². The normalized spacial score (nSPS) is 33.1. The van der Waals surface area contributed by atoms with Crippen LogP contribution in [-0.4, -0.2) is 97.1 Å². The van der Waals surface area contributed by atoms with Gasteiger partial charge in [-0.3, -0.25) is 9.80 Å². The fourth-order valence-electron chi connectivity index (χ4n) is 4.82. The average Bonchev–Trinajstić information content (AvgIpc) is 2.33. The number of likely N-dealkylation sites (N-methyl/N-ethyl adjacent to an activating group) is 1. The minimum absolute atomic E-state index is 0.697. The molecule has 4 nitrogen and oxygen atoms in total. The Morgan fingerprint density at radius 1 is 0.857 bits per heavy atom. The molecule has 0 bridgehead atoms. The van der Waals surface area contributed by atoms with Crippen LogP contribution in [0, 0.1) is 5.41 Å². The topological polar surface area (TPSA) is 13.0 Å². The van der Waals surface area contributed by atoms with Crippen molar-refractivity contribution >= 4 is 0 Å². The van der Waals surface area contributed by atoms with Crippen LogP contribution in [-0.2, 0) is 0 Å². The van der Waals surface area contributed by atoms with Gasteiger partial charge in [-0.2, -0.15) is 0 Å². The Hall–Kier alpha value is -0.160. The minimum atomic E-state index is 0.697. The van der Waals surface area contributed by atoms with Crippen LogP contribution in [0.1, 0.15) is 26.7 Å². The van der Waals surface area contributed by atoms with E-state index in [4.69, 9.17) is 0 Å². The SMILES string of the molecule is CC(C)N1CCC2(CC1)CN(C1CN(C3CN(C)C3)C1)C2. The fourth-order valence-corrected chi connectivity index (χ4v) is 4.82. The Bertz CT molecular complexity index is 368. The van der Waals surface area contributed by atoms with Crippen LogP contribution in [0.5, 0.6) is 0 Å². The van der Waals surface area contributed by atoms with Crippen molar-refractivity contribution in [2.75, 3.05) is 59.4 Å². The molecule has 1 spiro atoms. The minimum Gasteiger partial charge on any atom is -0.303 e. The highest BCUT2D eigenvalue weighted by Gasteiger charge is 2.50. The van der Waals surface area contributed by atoms with Crippen LogP contribution >= 0.6 is 0 Å². The van der Waals surface area contributed by atoms with Crippen LogP contribution in [0.25, 0.3) is 0 Å². The Morgan fingerprint density at radius 3 is 1.95 bits per heavy atom. The van der Waals surface area contributed by atoms with Crippen LogP contribution in [0.4, 0.5) is 0 Å². The quantitative estimate of drug-likeness (QED) is 0.762. The van der Waals surface area contributed by atoms with E-state index in [1.807, 2.05) is 0 Å². The molecule has 21 heavy (non-hydrogen) atoms. The molecule has 0 aromatic carbocycles. The third kappa shape index (κ3) is 2.54. The van der Waals surface area contributed by atoms with Gasteiger partial charge in [-0.1, -0.05) is 0 Å². The molecule has 0 radical (unpaired) electrons. The number of likely N-dealkylation sites (tertiary alicyclic amines) is 4. The number of hydrogen-bond donors (Lipinski definition) is 0. The molecule has 4 rings (SSSR count). The molecule has 120 valence electrons. The zero-order valence-corrected chi connectivity index (χ0v) is 14.1. The van der Waals surface area contributed by atoms with Crippen LogP contribution in [0.15, 0.2) is 0 Å². The summed E-state index contributed by atoms with van der Waals surface area (Å²) in [6.45, 7) is 15.4. The highest BCUT2D eigenvalue weighted by atomic mass is 15.4. The Labute approximate surface area is 130 Å². The highest BCUT2D eigenvalue weighted by Crippen LogP contribution is 2.43. The smallest absolute Gasteiger partial charge is 0.0351 e. The second kappa shape index (κ2) is 5.19. The standard InChI is InChI=1S/C17H32N4/c1-14(2)19-6-4-17(5-7-19)12-21(13-17)16-10-20(11-16)15-8-18(3)9-15/h14-16H,4-13H2,1-3H3. The lowest BCUT2D eigenvalue weighted by Crippen LogP contribution is -2.73. The van der Waals surface area contributed by atoms with Crippen molar-refractivity contribution in [3.05, 3.63) is 0 Å². The Balaban J connectivity index is 1.19. The van der Waals surface area contributed by atoms with Gasteiger partial charge in [-0.15, -0.1) is 0 Å². The molecular formula is C17H32N4. The van der Waals surface area contributed by atoms with Crippen LogP contribution in [0.3, 0.4) is 0 Å². The Morgan fingerprint density at radius 2 is 1.43 bits per heavy atom. The van der Waals surface area contributed by atoms with E-state index in [-0.39, 0.29) is 0 Å². The van der Waals surface area contributed by atoms with Crippen molar-refractivity contribution in [3.63, 3.8) is 0 Å². The molecule has 4 aliphatic rings. The molecule has 0 unspecified atom stereocenters. The van der Waals surface area contributed by atoms with Gasteiger partial charge in [0, 0.05) is 57.4 Å². The molecule has 4 saturated heterocycles. The number of hydrogen-bond acceptors (Lipinski definition) is 4. The first kappa shape index (κ1) is 14.4. The van der Waals surface area contributed by atoms with E-state index in [1.54, 1.807) is 0 Å². The van der Waals surface area contributed by atoms with Crippen molar-refractivity contribution in [3.8, 4) is 0 Å². The average molecular weight is 292 g/mol. The second-order valence-electron chi connectivity index (χ2n) is 8.52. The summed E-state index contributed by atoms with van der Waals surface area (Å²) < 4.78 is 0. The lowest BCUT2D eigenvalue weighted by atomic mass is 9.70. The summed E-state index contributed by atoms with van der Waals surface area (Å²) in [5.74, 6) is 0. The monoisotopic (exact) mass is 292 g/mol. The van der Waals surface area contributed by atoms with Crippen molar-refractivity contribution < 1.29 is 0 Å². The number of nitrogens with zero attached hydrogens (tertiary/aromatic N) is 4. The zero-order valence-electron chi connectivity index (χ0n) is 14.1. The maximum absolute atomic E-state index is 2.78. The van der Waals surface area contributed by atoms with Gasteiger partial charge in [0.05, 0.1) is 0 Å². The summed E-state index contributed by atoms with van der Waals surface area (Å²) in [6.07, 6.45) is 2.87. The molecule has 4 heteroatoms. The lowest BCUT2D eigenvalue weighted by Gasteiger charge is -2.61. The molecule has 0 aromatic rings. The molecule has 0 atom stereocenters. The van der Waals surface area contributed by atoms with E-state index in [9.17, 15) is 0 Å². The van der Waals surface area contributed by atoms with E-state index in [0.717, 1.165) is 18.1 Å². The molecule has 0 amide bonds. The molecule has 0 aromatic heterocycles. The van der Waals surface area contributed by atoms with Gasteiger partial charge < -0.3 is 9.80 Å². The van der Waals surface area contributed by atoms with Gasteiger partial charge in [0.1, 0.15) is 0 Å². The fraction of sp³-hybridized carbons (Fsp3) is 1.00. The number of piperidine rings is 1. The van der Waals surface area contributed by atoms with E-state index in [0.29, 0.717) is 5.41 Å². The van der Waals surface area contributed by atoms with Gasteiger partial charge >= 0.3 is 0 Å². The lowest BCUT2D eigenvalue weighted by molar-refractivity contribution is -0.123. The molecule has 4 aliphatic heterocycles. The third-order valence-electron chi connectivity index (χ3n) is 6.63. The zero-order chi connectivity index (χ0) is 14.6. The van der Waals surface area contributed by atoms with E-state index in [2.05, 4.69) is 40.5 Å². The van der Waals surface area contributed by atoms with Gasteiger partial charge in [-0.05, 0) is 52.2 Å². The molecule has 0 N–H and O–H groups in total. The van der Waals surface area contributed by atoms with Crippen LogP contribution < -0.4 is 0 Å². The highest BCUT2D eigenvalue weighted by molar-refractivity contribution is 5.05. The third-order valence-corrected chi connectivity index (χ3v) is 6.63. The summed E-state index contributed by atoms with van der Waals surface area (Å²) in [7, 11) is 2.23. The summed E-state index contributed by atoms with van der Waals surface area (Å²) in [4.78, 5) is 10.6. The first-order chi connectivity index (χ1) is 10.0. The molecule has 0 saturated carbocycles. The van der Waals surface area contributed by atoms with E-state index < -0.39 is 0 Å². The Kier molecular flexibility index (Phi) is 3.57. The molecule has 4 fully saturated rings. The second-order valence-corrected chi connectivity index (χ2v) is 8.52. The number of rotatable bonds is 3.